The van der Waals surface area contributed by atoms with Crippen LogP contribution in [0.2, 0.25) is 0 Å². The van der Waals surface area contributed by atoms with Gasteiger partial charge in [0.1, 0.15) is 0 Å². The molecule has 0 fully saturated rings. The van der Waals surface area contributed by atoms with E-state index in [4.69, 9.17) is 18.9 Å². The Morgan fingerprint density at radius 2 is 0.853 bits per heavy atom. The van der Waals surface area contributed by atoms with Crippen LogP contribution in [0.1, 0.15) is 22.3 Å². The minimum Gasteiger partial charge on any atom is -0.493 e. The number of methoxy groups -OCH3 is 4. The standard InChI is InChI=1S/C30H28O4/c1-31-27-13-7-11-21(29(27)33-3)15-17-25-19-23-9-5-6-10-24(23)20-26(25)18-16-22-12-8-14-28(32-2)30(22)34-4/h5-20H,1-4H3/b17-15-,18-16-. The zero-order valence-electron chi connectivity index (χ0n) is 19.9. The van der Waals surface area contributed by atoms with Gasteiger partial charge < -0.3 is 18.9 Å². The van der Waals surface area contributed by atoms with Gasteiger partial charge in [0.25, 0.3) is 0 Å². The molecule has 0 aromatic heterocycles. The molecule has 4 rings (SSSR count). The molecule has 4 aromatic carbocycles. The summed E-state index contributed by atoms with van der Waals surface area (Å²) in [4.78, 5) is 0. The van der Waals surface area contributed by atoms with Crippen LogP contribution in [0.4, 0.5) is 0 Å². The number of ether oxygens (including phenoxy) is 4. The normalized spacial score (nSPS) is 11.3. The third-order valence-electron chi connectivity index (χ3n) is 5.70. The van der Waals surface area contributed by atoms with Gasteiger partial charge in [0.05, 0.1) is 28.4 Å². The quantitative estimate of drug-likeness (QED) is 0.265. The van der Waals surface area contributed by atoms with Gasteiger partial charge in [-0.3, -0.25) is 0 Å². The van der Waals surface area contributed by atoms with E-state index in [1.165, 1.54) is 10.8 Å². The zero-order valence-corrected chi connectivity index (χ0v) is 19.9. The molecular formula is C30H28O4. The summed E-state index contributed by atoms with van der Waals surface area (Å²) < 4.78 is 22.1. The summed E-state index contributed by atoms with van der Waals surface area (Å²) in [6.45, 7) is 0. The summed E-state index contributed by atoms with van der Waals surface area (Å²) in [5.41, 5.74) is 4.06. The molecule has 0 aliphatic carbocycles. The van der Waals surface area contributed by atoms with Gasteiger partial charge in [0.2, 0.25) is 0 Å². The lowest BCUT2D eigenvalue weighted by Crippen LogP contribution is -1.93. The second-order valence-corrected chi connectivity index (χ2v) is 7.66. The average Bonchev–Trinajstić information content (AvgIpc) is 2.89. The van der Waals surface area contributed by atoms with Crippen LogP contribution < -0.4 is 18.9 Å². The van der Waals surface area contributed by atoms with Crippen LogP contribution in [-0.2, 0) is 0 Å². The highest BCUT2D eigenvalue weighted by Crippen LogP contribution is 2.34. The van der Waals surface area contributed by atoms with Crippen molar-refractivity contribution in [2.75, 3.05) is 28.4 Å². The van der Waals surface area contributed by atoms with Crippen LogP contribution in [-0.4, -0.2) is 28.4 Å². The molecule has 0 saturated carbocycles. The fourth-order valence-electron chi connectivity index (χ4n) is 4.01. The molecule has 0 N–H and O–H groups in total. The molecule has 0 radical (unpaired) electrons. The van der Waals surface area contributed by atoms with Gasteiger partial charge in [-0.05, 0) is 46.2 Å². The van der Waals surface area contributed by atoms with Crippen molar-refractivity contribution in [2.24, 2.45) is 0 Å². The second kappa shape index (κ2) is 10.6. The Kier molecular flexibility index (Phi) is 7.19. The molecule has 172 valence electrons. The zero-order chi connectivity index (χ0) is 23.9. The number of rotatable bonds is 8. The minimum absolute atomic E-state index is 0.702. The predicted molar refractivity (Wildman–Crippen MR) is 141 cm³/mol. The smallest absolute Gasteiger partial charge is 0.167 e. The molecule has 4 heteroatoms. The van der Waals surface area contributed by atoms with E-state index in [9.17, 15) is 0 Å². The number of hydrogen-bond donors (Lipinski definition) is 0. The van der Waals surface area contributed by atoms with Crippen molar-refractivity contribution in [3.63, 3.8) is 0 Å². The number of para-hydroxylation sites is 2. The summed E-state index contributed by atoms with van der Waals surface area (Å²) in [7, 11) is 6.59. The summed E-state index contributed by atoms with van der Waals surface area (Å²) in [6, 6.07) is 24.5. The Labute approximate surface area is 200 Å². The van der Waals surface area contributed by atoms with E-state index in [0.29, 0.717) is 23.0 Å². The number of hydrogen-bond acceptors (Lipinski definition) is 4. The molecule has 0 saturated heterocycles. The number of fused-ring (bicyclic) bond motifs is 1. The maximum absolute atomic E-state index is 5.59. The van der Waals surface area contributed by atoms with E-state index >= 15 is 0 Å². The molecule has 0 aliphatic heterocycles. The van der Waals surface area contributed by atoms with Gasteiger partial charge >= 0.3 is 0 Å². The molecular weight excluding hydrogens is 424 g/mol. The topological polar surface area (TPSA) is 36.9 Å². The Hall–Kier alpha value is -4.18. The predicted octanol–water partition coefficient (Wildman–Crippen LogP) is 7.22. The van der Waals surface area contributed by atoms with Crippen LogP contribution in [0.25, 0.3) is 35.1 Å². The lowest BCUT2D eigenvalue weighted by molar-refractivity contribution is 0.354. The fourth-order valence-corrected chi connectivity index (χ4v) is 4.01. The lowest BCUT2D eigenvalue weighted by Gasteiger charge is -2.11. The molecule has 0 atom stereocenters. The highest BCUT2D eigenvalue weighted by Gasteiger charge is 2.09. The molecule has 4 nitrogen and oxygen atoms in total. The molecule has 0 bridgehead atoms. The van der Waals surface area contributed by atoms with Crippen molar-refractivity contribution in [1.29, 1.82) is 0 Å². The van der Waals surface area contributed by atoms with Crippen LogP contribution in [0.15, 0.2) is 72.8 Å². The van der Waals surface area contributed by atoms with Crippen molar-refractivity contribution >= 4 is 35.1 Å². The Morgan fingerprint density at radius 3 is 1.24 bits per heavy atom. The maximum Gasteiger partial charge on any atom is 0.167 e. The Morgan fingerprint density at radius 1 is 0.441 bits per heavy atom. The van der Waals surface area contributed by atoms with Crippen LogP contribution >= 0.6 is 0 Å². The van der Waals surface area contributed by atoms with E-state index < -0.39 is 0 Å². The SMILES string of the molecule is COc1cccc(/C=C\c2cc3ccccc3cc2/C=C\c2cccc(OC)c2OC)c1OC. The largest absolute Gasteiger partial charge is 0.493 e. The molecule has 34 heavy (non-hydrogen) atoms. The summed E-state index contributed by atoms with van der Waals surface area (Å²) in [6.07, 6.45) is 8.31. The van der Waals surface area contributed by atoms with Gasteiger partial charge in [-0.15, -0.1) is 0 Å². The van der Waals surface area contributed by atoms with Gasteiger partial charge in [-0.1, -0.05) is 72.8 Å². The lowest BCUT2D eigenvalue weighted by atomic mass is 9.98. The minimum atomic E-state index is 0.702. The van der Waals surface area contributed by atoms with E-state index in [2.05, 4.69) is 60.7 Å². The van der Waals surface area contributed by atoms with Gasteiger partial charge in [-0.25, -0.2) is 0 Å². The summed E-state index contributed by atoms with van der Waals surface area (Å²) >= 11 is 0. The van der Waals surface area contributed by atoms with Crippen molar-refractivity contribution in [1.82, 2.24) is 0 Å². The third kappa shape index (κ3) is 4.76. The van der Waals surface area contributed by atoms with Gasteiger partial charge in [-0.2, -0.15) is 0 Å². The molecule has 0 heterocycles. The molecule has 0 spiro atoms. The summed E-state index contributed by atoms with van der Waals surface area (Å²) in [5, 5.41) is 2.35. The first-order chi connectivity index (χ1) is 16.7. The molecule has 0 aliphatic rings. The average molecular weight is 453 g/mol. The summed E-state index contributed by atoms with van der Waals surface area (Å²) in [5.74, 6) is 2.82. The third-order valence-corrected chi connectivity index (χ3v) is 5.70. The monoisotopic (exact) mass is 452 g/mol. The first kappa shape index (κ1) is 23.0. The van der Waals surface area contributed by atoms with Gasteiger partial charge in [0, 0.05) is 11.1 Å². The van der Waals surface area contributed by atoms with E-state index in [0.717, 1.165) is 22.3 Å². The molecule has 4 aromatic rings. The molecule has 0 amide bonds. The highest BCUT2D eigenvalue weighted by atomic mass is 16.5. The van der Waals surface area contributed by atoms with Crippen LogP contribution in [0.3, 0.4) is 0 Å². The highest BCUT2D eigenvalue weighted by molar-refractivity contribution is 5.92. The van der Waals surface area contributed by atoms with Crippen LogP contribution in [0.5, 0.6) is 23.0 Å². The van der Waals surface area contributed by atoms with E-state index in [1.807, 2.05) is 36.4 Å². The Balaban J connectivity index is 1.79. The van der Waals surface area contributed by atoms with Crippen molar-refractivity contribution < 1.29 is 18.9 Å². The van der Waals surface area contributed by atoms with Crippen molar-refractivity contribution in [3.05, 3.63) is 95.1 Å². The first-order valence-electron chi connectivity index (χ1n) is 11.0. The van der Waals surface area contributed by atoms with E-state index in [-0.39, 0.29) is 0 Å². The Bertz CT molecular complexity index is 1250. The van der Waals surface area contributed by atoms with Crippen molar-refractivity contribution in [3.8, 4) is 23.0 Å². The number of benzene rings is 4. The second-order valence-electron chi connectivity index (χ2n) is 7.66. The first-order valence-corrected chi connectivity index (χ1v) is 11.0. The van der Waals surface area contributed by atoms with Crippen LogP contribution in [0, 0.1) is 0 Å². The fraction of sp³-hybridized carbons (Fsp3) is 0.133. The molecule has 0 unspecified atom stereocenters. The van der Waals surface area contributed by atoms with Gasteiger partial charge in [0.15, 0.2) is 23.0 Å². The van der Waals surface area contributed by atoms with E-state index in [1.54, 1.807) is 28.4 Å². The maximum atomic E-state index is 5.59. The van der Waals surface area contributed by atoms with Crippen molar-refractivity contribution in [2.45, 2.75) is 0 Å².